The molecule has 3 nitrogen and oxygen atoms in total. The molecule has 0 bridgehead atoms. The predicted molar refractivity (Wildman–Crippen MR) is 118 cm³/mol. The minimum absolute atomic E-state index is 0.250. The molecule has 0 saturated carbocycles. The summed E-state index contributed by atoms with van der Waals surface area (Å²) in [4.78, 5) is 7.00. The second-order valence-electron chi connectivity index (χ2n) is 6.93. The maximum Gasteiger partial charge on any atom is 0.129 e. The molecule has 140 valence electrons. The summed E-state index contributed by atoms with van der Waals surface area (Å²) in [6.07, 6.45) is 0. The molecule has 0 aliphatic carbocycles. The molecule has 4 aromatic rings. The third-order valence-electron chi connectivity index (χ3n) is 4.69. The van der Waals surface area contributed by atoms with Gasteiger partial charge in [-0.05, 0) is 57.2 Å². The number of phenolic OH excluding ortho intramolecular Hbond substituents is 1. The first-order valence-corrected chi connectivity index (χ1v) is 10.0. The van der Waals surface area contributed by atoms with E-state index in [1.54, 1.807) is 17.4 Å². The van der Waals surface area contributed by atoms with Gasteiger partial charge in [0.2, 0.25) is 0 Å². The molecule has 0 aliphatic heterocycles. The number of phenols is 1. The van der Waals surface area contributed by atoms with Gasteiger partial charge in [-0.25, -0.2) is 4.98 Å². The van der Waals surface area contributed by atoms with Crippen molar-refractivity contribution in [3.8, 4) is 16.3 Å². The number of benzene rings is 3. The first-order valence-electron chi connectivity index (χ1n) is 9.22. The fourth-order valence-electron chi connectivity index (χ4n) is 3.14. The summed E-state index contributed by atoms with van der Waals surface area (Å²) in [7, 11) is 0. The highest BCUT2D eigenvalue weighted by molar-refractivity contribution is 7.19. The SMILES string of the molecule is Cc1ccc(N(c2ccc(C)cc2)c2sc(-c3ccccc3O)nc2C)cc1. The Morgan fingerprint density at radius 3 is 1.82 bits per heavy atom. The highest BCUT2D eigenvalue weighted by atomic mass is 32.1. The summed E-state index contributed by atoms with van der Waals surface area (Å²) in [5.41, 5.74) is 6.32. The summed E-state index contributed by atoms with van der Waals surface area (Å²) >= 11 is 1.59. The Labute approximate surface area is 169 Å². The zero-order chi connectivity index (χ0) is 19.7. The van der Waals surface area contributed by atoms with Crippen LogP contribution < -0.4 is 4.90 Å². The molecule has 0 radical (unpaired) electrons. The largest absolute Gasteiger partial charge is 0.507 e. The second kappa shape index (κ2) is 7.49. The Morgan fingerprint density at radius 2 is 1.29 bits per heavy atom. The van der Waals surface area contributed by atoms with E-state index in [1.165, 1.54) is 11.1 Å². The van der Waals surface area contributed by atoms with Gasteiger partial charge in [0.25, 0.3) is 0 Å². The van der Waals surface area contributed by atoms with Gasteiger partial charge in [0.1, 0.15) is 15.8 Å². The summed E-state index contributed by atoms with van der Waals surface area (Å²) in [6.45, 7) is 6.20. The number of anilines is 3. The Morgan fingerprint density at radius 1 is 0.750 bits per heavy atom. The first-order chi connectivity index (χ1) is 13.5. The van der Waals surface area contributed by atoms with Crippen molar-refractivity contribution in [3.63, 3.8) is 0 Å². The smallest absolute Gasteiger partial charge is 0.129 e. The lowest BCUT2D eigenvalue weighted by Crippen LogP contribution is -2.09. The maximum absolute atomic E-state index is 10.3. The van der Waals surface area contributed by atoms with Crippen molar-refractivity contribution >= 4 is 27.7 Å². The van der Waals surface area contributed by atoms with Crippen LogP contribution >= 0.6 is 11.3 Å². The van der Waals surface area contributed by atoms with Gasteiger partial charge >= 0.3 is 0 Å². The molecule has 4 rings (SSSR count). The van der Waals surface area contributed by atoms with Crippen LogP contribution in [-0.4, -0.2) is 10.1 Å². The maximum atomic E-state index is 10.3. The molecule has 3 aromatic carbocycles. The molecule has 0 fully saturated rings. The van der Waals surface area contributed by atoms with Crippen molar-refractivity contribution < 1.29 is 5.11 Å². The summed E-state index contributed by atoms with van der Waals surface area (Å²) in [5.74, 6) is 0.250. The minimum Gasteiger partial charge on any atom is -0.507 e. The fourth-order valence-corrected chi connectivity index (χ4v) is 4.28. The van der Waals surface area contributed by atoms with Crippen LogP contribution in [0.15, 0.2) is 72.8 Å². The van der Waals surface area contributed by atoms with E-state index in [2.05, 4.69) is 67.3 Å². The van der Waals surface area contributed by atoms with Gasteiger partial charge in [0, 0.05) is 11.4 Å². The molecule has 0 amide bonds. The van der Waals surface area contributed by atoms with E-state index in [-0.39, 0.29) is 5.75 Å². The molecule has 0 saturated heterocycles. The molecule has 28 heavy (non-hydrogen) atoms. The quantitative estimate of drug-likeness (QED) is 0.414. The van der Waals surface area contributed by atoms with E-state index in [4.69, 9.17) is 4.98 Å². The molecule has 0 aliphatic rings. The van der Waals surface area contributed by atoms with Crippen LogP contribution in [0.2, 0.25) is 0 Å². The molecule has 0 atom stereocenters. The minimum atomic E-state index is 0.250. The third-order valence-corrected chi connectivity index (χ3v) is 5.87. The van der Waals surface area contributed by atoms with E-state index >= 15 is 0 Å². The number of para-hydroxylation sites is 1. The number of aromatic hydroxyl groups is 1. The van der Waals surface area contributed by atoms with E-state index in [0.29, 0.717) is 0 Å². The molecule has 0 unspecified atom stereocenters. The number of aromatic nitrogens is 1. The monoisotopic (exact) mass is 386 g/mol. The zero-order valence-corrected chi connectivity index (χ0v) is 17.0. The van der Waals surface area contributed by atoms with Crippen LogP contribution in [0.5, 0.6) is 5.75 Å². The second-order valence-corrected chi connectivity index (χ2v) is 7.91. The van der Waals surface area contributed by atoms with Crippen LogP contribution in [0.4, 0.5) is 16.4 Å². The van der Waals surface area contributed by atoms with Gasteiger partial charge in [-0.15, -0.1) is 0 Å². The Balaban J connectivity index is 1.86. The van der Waals surface area contributed by atoms with Crippen LogP contribution in [0.1, 0.15) is 16.8 Å². The number of hydrogen-bond donors (Lipinski definition) is 1. The van der Waals surface area contributed by atoms with Gasteiger partial charge in [-0.3, -0.25) is 0 Å². The van der Waals surface area contributed by atoms with E-state index in [9.17, 15) is 5.11 Å². The summed E-state index contributed by atoms with van der Waals surface area (Å²) < 4.78 is 0. The summed E-state index contributed by atoms with van der Waals surface area (Å²) in [5, 5.41) is 12.1. The van der Waals surface area contributed by atoms with Gasteiger partial charge in [0.05, 0.1) is 11.3 Å². The number of rotatable bonds is 4. The average Bonchev–Trinajstić information content (AvgIpc) is 3.06. The molecule has 0 spiro atoms. The number of nitrogens with zero attached hydrogens (tertiary/aromatic N) is 2. The number of hydrogen-bond acceptors (Lipinski definition) is 4. The third kappa shape index (κ3) is 3.51. The molecular weight excluding hydrogens is 364 g/mol. The topological polar surface area (TPSA) is 36.4 Å². The van der Waals surface area contributed by atoms with Gasteiger partial charge in [-0.2, -0.15) is 0 Å². The van der Waals surface area contributed by atoms with E-state index in [0.717, 1.165) is 32.6 Å². The van der Waals surface area contributed by atoms with Gasteiger partial charge in [-0.1, -0.05) is 58.9 Å². The lowest BCUT2D eigenvalue weighted by Gasteiger charge is -2.24. The van der Waals surface area contributed by atoms with Gasteiger partial charge < -0.3 is 10.0 Å². The lowest BCUT2D eigenvalue weighted by molar-refractivity contribution is 0.477. The number of aryl methyl sites for hydroxylation is 3. The molecule has 1 heterocycles. The zero-order valence-electron chi connectivity index (χ0n) is 16.2. The van der Waals surface area contributed by atoms with Crippen molar-refractivity contribution in [1.82, 2.24) is 4.98 Å². The summed E-state index contributed by atoms with van der Waals surface area (Å²) in [6, 6.07) is 24.4. The molecule has 1 N–H and O–H groups in total. The van der Waals surface area contributed by atoms with Crippen molar-refractivity contribution in [2.75, 3.05) is 4.90 Å². The van der Waals surface area contributed by atoms with Crippen molar-refractivity contribution in [3.05, 3.63) is 89.6 Å². The van der Waals surface area contributed by atoms with Crippen molar-refractivity contribution in [2.24, 2.45) is 0 Å². The fraction of sp³-hybridized carbons (Fsp3) is 0.125. The Kier molecular flexibility index (Phi) is 4.88. The van der Waals surface area contributed by atoms with Gasteiger partial charge in [0.15, 0.2) is 0 Å². The molecule has 4 heteroatoms. The first kappa shape index (κ1) is 18.3. The van der Waals surface area contributed by atoms with Crippen molar-refractivity contribution in [1.29, 1.82) is 0 Å². The normalized spacial score (nSPS) is 10.8. The van der Waals surface area contributed by atoms with Crippen LogP contribution in [0, 0.1) is 20.8 Å². The predicted octanol–water partition coefficient (Wildman–Crippen LogP) is 6.91. The van der Waals surface area contributed by atoms with E-state index in [1.807, 2.05) is 25.1 Å². The standard InChI is InChI=1S/C24H22N2OS/c1-16-8-12-19(13-9-16)26(20-14-10-17(2)11-15-20)24-18(3)25-23(28-24)21-6-4-5-7-22(21)27/h4-15,27H,1-3H3. The van der Waals surface area contributed by atoms with Crippen LogP contribution in [0.25, 0.3) is 10.6 Å². The van der Waals surface area contributed by atoms with E-state index < -0.39 is 0 Å². The highest BCUT2D eigenvalue weighted by Gasteiger charge is 2.20. The Hall–Kier alpha value is -3.11. The number of thiazole rings is 1. The Bertz CT molecular complexity index is 1050. The average molecular weight is 387 g/mol. The van der Waals surface area contributed by atoms with Crippen LogP contribution in [0.3, 0.4) is 0 Å². The van der Waals surface area contributed by atoms with Crippen molar-refractivity contribution in [2.45, 2.75) is 20.8 Å². The molecular formula is C24H22N2OS. The molecule has 1 aromatic heterocycles. The lowest BCUT2D eigenvalue weighted by atomic mass is 10.1. The highest BCUT2D eigenvalue weighted by Crippen LogP contribution is 2.44. The van der Waals surface area contributed by atoms with Crippen LogP contribution in [-0.2, 0) is 0 Å².